The minimum absolute atomic E-state index is 0.0510. The zero-order chi connectivity index (χ0) is 19.7. The number of rotatable bonds is 4. The van der Waals surface area contributed by atoms with Gasteiger partial charge in [-0.15, -0.1) is 0 Å². The molecule has 0 aliphatic carbocycles. The maximum atomic E-state index is 14.3. The maximum absolute atomic E-state index is 14.3. The molecule has 142 valence electrons. The SMILES string of the molecule is O=C(NCCF)c1cc2c(cn1)NC(c1c(F)cccc1F)=Nc1cn[nH]c1-2. The van der Waals surface area contributed by atoms with Crippen LogP contribution >= 0.6 is 0 Å². The lowest BCUT2D eigenvalue weighted by atomic mass is 10.1. The second-order valence-corrected chi connectivity index (χ2v) is 5.87. The van der Waals surface area contributed by atoms with E-state index in [0.717, 1.165) is 12.1 Å². The van der Waals surface area contributed by atoms with Gasteiger partial charge in [-0.05, 0) is 18.2 Å². The van der Waals surface area contributed by atoms with Crippen molar-refractivity contribution < 1.29 is 18.0 Å². The van der Waals surface area contributed by atoms with Gasteiger partial charge in [-0.25, -0.2) is 23.1 Å². The van der Waals surface area contributed by atoms with Gasteiger partial charge in [0, 0.05) is 12.1 Å². The third kappa shape index (κ3) is 3.08. The van der Waals surface area contributed by atoms with E-state index in [4.69, 9.17) is 0 Å². The molecule has 0 saturated carbocycles. The molecule has 7 nitrogen and oxygen atoms in total. The van der Waals surface area contributed by atoms with E-state index in [1.165, 1.54) is 24.5 Å². The number of fused-ring (bicyclic) bond motifs is 3. The van der Waals surface area contributed by atoms with Crippen LogP contribution in [0.2, 0.25) is 0 Å². The molecule has 1 aliphatic heterocycles. The van der Waals surface area contributed by atoms with Crippen LogP contribution in [0, 0.1) is 11.6 Å². The third-order valence-electron chi connectivity index (χ3n) is 4.09. The Hall–Kier alpha value is -3.69. The highest BCUT2D eigenvalue weighted by atomic mass is 19.1. The summed E-state index contributed by atoms with van der Waals surface area (Å²) in [6.45, 7) is -0.834. The van der Waals surface area contributed by atoms with Crippen LogP contribution < -0.4 is 10.6 Å². The van der Waals surface area contributed by atoms with Gasteiger partial charge in [-0.3, -0.25) is 9.89 Å². The third-order valence-corrected chi connectivity index (χ3v) is 4.09. The number of carbonyl (C=O) groups is 1. The number of aliphatic imine (C=N–C) groups is 1. The molecule has 0 atom stereocenters. The van der Waals surface area contributed by atoms with Crippen molar-refractivity contribution in [3.8, 4) is 11.3 Å². The molecule has 0 unspecified atom stereocenters. The molecular formula is C18H13F3N6O. The summed E-state index contributed by atoms with van der Waals surface area (Å²) >= 11 is 0. The first kappa shape index (κ1) is 17.7. The number of pyridine rings is 1. The molecule has 0 spiro atoms. The summed E-state index contributed by atoms with van der Waals surface area (Å²) in [5.41, 5.74) is 1.33. The highest BCUT2D eigenvalue weighted by Crippen LogP contribution is 2.37. The fraction of sp³-hybridized carbons (Fsp3) is 0.111. The average Bonchev–Trinajstić information content (AvgIpc) is 3.08. The molecule has 10 heteroatoms. The molecule has 28 heavy (non-hydrogen) atoms. The van der Waals surface area contributed by atoms with Crippen molar-refractivity contribution in [2.75, 3.05) is 18.5 Å². The van der Waals surface area contributed by atoms with Crippen molar-refractivity contribution in [3.05, 3.63) is 59.6 Å². The Morgan fingerprint density at radius 2 is 1.96 bits per heavy atom. The fourth-order valence-corrected chi connectivity index (χ4v) is 2.82. The Kier molecular flexibility index (Phi) is 4.52. The smallest absolute Gasteiger partial charge is 0.269 e. The van der Waals surface area contributed by atoms with Gasteiger partial charge < -0.3 is 10.6 Å². The molecule has 2 aromatic heterocycles. The Morgan fingerprint density at radius 1 is 1.18 bits per heavy atom. The van der Waals surface area contributed by atoms with E-state index in [0.29, 0.717) is 22.6 Å². The monoisotopic (exact) mass is 386 g/mol. The number of aromatic nitrogens is 3. The lowest BCUT2D eigenvalue weighted by Gasteiger charge is -2.12. The number of benzene rings is 1. The number of halogens is 3. The van der Waals surface area contributed by atoms with Crippen molar-refractivity contribution in [2.24, 2.45) is 4.99 Å². The number of amidine groups is 1. The van der Waals surface area contributed by atoms with Crippen LogP contribution in [-0.4, -0.2) is 40.1 Å². The number of H-pyrrole nitrogens is 1. The van der Waals surface area contributed by atoms with Crippen LogP contribution in [0.5, 0.6) is 0 Å². The van der Waals surface area contributed by atoms with Crippen molar-refractivity contribution in [2.45, 2.75) is 0 Å². The molecule has 0 fully saturated rings. The van der Waals surface area contributed by atoms with E-state index in [1.807, 2.05) is 0 Å². The molecule has 1 aliphatic rings. The summed E-state index contributed by atoms with van der Waals surface area (Å²) < 4.78 is 40.8. The Balaban J connectivity index is 1.81. The first-order chi connectivity index (χ1) is 13.6. The quantitative estimate of drug-likeness (QED) is 0.643. The zero-order valence-corrected chi connectivity index (χ0v) is 14.3. The first-order valence-corrected chi connectivity index (χ1v) is 8.26. The van der Waals surface area contributed by atoms with Crippen molar-refractivity contribution in [1.82, 2.24) is 20.5 Å². The molecule has 0 bridgehead atoms. The van der Waals surface area contributed by atoms with Gasteiger partial charge in [0.25, 0.3) is 5.91 Å². The molecule has 3 N–H and O–H groups in total. The molecular weight excluding hydrogens is 373 g/mol. The molecule has 1 amide bonds. The van der Waals surface area contributed by atoms with Gasteiger partial charge in [0.05, 0.1) is 29.3 Å². The van der Waals surface area contributed by atoms with Crippen molar-refractivity contribution >= 4 is 23.1 Å². The molecule has 0 saturated heterocycles. The highest BCUT2D eigenvalue weighted by Gasteiger charge is 2.24. The number of amides is 1. The van der Waals surface area contributed by atoms with Crippen LogP contribution in [0.4, 0.5) is 24.5 Å². The van der Waals surface area contributed by atoms with E-state index in [9.17, 15) is 18.0 Å². The van der Waals surface area contributed by atoms with Crippen LogP contribution in [0.1, 0.15) is 16.1 Å². The van der Waals surface area contributed by atoms with E-state index in [-0.39, 0.29) is 23.6 Å². The lowest BCUT2D eigenvalue weighted by molar-refractivity contribution is 0.0946. The number of carbonyl (C=O) groups excluding carboxylic acids is 1. The number of nitrogens with one attached hydrogen (secondary N) is 3. The number of anilines is 1. The Labute approximate surface area is 156 Å². The van der Waals surface area contributed by atoms with Crippen molar-refractivity contribution in [1.29, 1.82) is 0 Å². The fourth-order valence-electron chi connectivity index (χ4n) is 2.82. The summed E-state index contributed by atoms with van der Waals surface area (Å²) in [6.07, 6.45) is 2.73. The molecule has 3 heterocycles. The van der Waals surface area contributed by atoms with Crippen LogP contribution in [-0.2, 0) is 0 Å². The predicted molar refractivity (Wildman–Crippen MR) is 96.3 cm³/mol. The number of alkyl halides is 1. The van der Waals surface area contributed by atoms with Crippen LogP contribution in [0.25, 0.3) is 11.3 Å². The van der Waals surface area contributed by atoms with Gasteiger partial charge in [-0.2, -0.15) is 5.10 Å². The number of nitrogens with zero attached hydrogens (tertiary/aromatic N) is 3. The van der Waals surface area contributed by atoms with Crippen LogP contribution in [0.15, 0.2) is 41.7 Å². The summed E-state index contributed by atoms with van der Waals surface area (Å²) in [5, 5.41) is 11.9. The summed E-state index contributed by atoms with van der Waals surface area (Å²) in [6, 6.07) is 4.97. The second kappa shape index (κ2) is 7.14. The number of aromatic amines is 1. The van der Waals surface area contributed by atoms with E-state index < -0.39 is 24.2 Å². The standard InChI is InChI=1S/C18H13F3N6O/c19-4-5-22-18(28)12-6-9-13(7-23-12)25-17(26-14-8-24-27-16(9)14)15-10(20)2-1-3-11(15)21/h1-3,6-8H,4-5H2,(H,22,28)(H,24,27)(H,25,26). The maximum Gasteiger partial charge on any atom is 0.269 e. The highest BCUT2D eigenvalue weighted by molar-refractivity contribution is 6.13. The minimum Gasteiger partial charge on any atom is -0.348 e. The number of hydrogen-bond donors (Lipinski definition) is 3. The van der Waals surface area contributed by atoms with Gasteiger partial charge in [0.15, 0.2) is 0 Å². The molecule has 0 radical (unpaired) electrons. The van der Waals surface area contributed by atoms with E-state index >= 15 is 0 Å². The second-order valence-electron chi connectivity index (χ2n) is 5.87. The number of hydrogen-bond acceptors (Lipinski definition) is 5. The van der Waals surface area contributed by atoms with Gasteiger partial charge in [0.2, 0.25) is 0 Å². The van der Waals surface area contributed by atoms with Gasteiger partial charge >= 0.3 is 0 Å². The molecule has 1 aromatic carbocycles. The first-order valence-electron chi connectivity index (χ1n) is 8.26. The van der Waals surface area contributed by atoms with E-state index in [2.05, 4.69) is 30.8 Å². The largest absolute Gasteiger partial charge is 0.348 e. The lowest BCUT2D eigenvalue weighted by Crippen LogP contribution is -2.26. The molecule has 3 aromatic rings. The summed E-state index contributed by atoms with van der Waals surface area (Å²) in [4.78, 5) is 20.4. The van der Waals surface area contributed by atoms with Crippen LogP contribution in [0.3, 0.4) is 0 Å². The van der Waals surface area contributed by atoms with Gasteiger partial charge in [-0.1, -0.05) is 6.07 Å². The van der Waals surface area contributed by atoms with Crippen molar-refractivity contribution in [3.63, 3.8) is 0 Å². The average molecular weight is 386 g/mol. The Bertz CT molecular complexity index is 1070. The predicted octanol–water partition coefficient (Wildman–Crippen LogP) is 2.95. The van der Waals surface area contributed by atoms with E-state index in [1.54, 1.807) is 0 Å². The minimum atomic E-state index is -0.782. The van der Waals surface area contributed by atoms with Gasteiger partial charge in [0.1, 0.15) is 35.5 Å². The Morgan fingerprint density at radius 3 is 2.71 bits per heavy atom. The zero-order valence-electron chi connectivity index (χ0n) is 14.3. The molecule has 4 rings (SSSR count). The topological polar surface area (TPSA) is 95.1 Å². The summed E-state index contributed by atoms with van der Waals surface area (Å²) in [5.74, 6) is -2.18. The normalized spacial score (nSPS) is 12.3. The summed E-state index contributed by atoms with van der Waals surface area (Å²) in [7, 11) is 0.